The van der Waals surface area contributed by atoms with Crippen molar-refractivity contribution in [2.75, 3.05) is 31.6 Å². The summed E-state index contributed by atoms with van der Waals surface area (Å²) in [7, 11) is -0.518. The van der Waals surface area contributed by atoms with Gasteiger partial charge in [-0.1, -0.05) is 44.0 Å². The van der Waals surface area contributed by atoms with Gasteiger partial charge in [0.15, 0.2) is 5.82 Å². The number of fused-ring (bicyclic) bond motifs is 1. The molecule has 0 spiro atoms. The third-order valence-electron chi connectivity index (χ3n) is 6.26. The maximum atomic E-state index is 14.0. The summed E-state index contributed by atoms with van der Waals surface area (Å²) in [5.74, 6) is -0.364. The quantitative estimate of drug-likeness (QED) is 0.252. The Morgan fingerprint density at radius 2 is 1.73 bits per heavy atom. The molecule has 0 radical (unpaired) electrons. The van der Waals surface area contributed by atoms with Gasteiger partial charge in [-0.15, -0.1) is 0 Å². The first-order chi connectivity index (χ1) is 19.2. The van der Waals surface area contributed by atoms with E-state index in [0.29, 0.717) is 23.7 Å². The number of carboxylic acids is 1. The molecule has 4 aromatic rings. The summed E-state index contributed by atoms with van der Waals surface area (Å²) in [6.45, 7) is 6.22. The molecule has 13 heteroatoms. The molecule has 1 N–H and O–H groups in total. The summed E-state index contributed by atoms with van der Waals surface area (Å²) < 4.78 is 36.4. The van der Waals surface area contributed by atoms with E-state index in [1.807, 2.05) is 19.0 Å². The zero-order chi connectivity index (χ0) is 30.1. The Balaban J connectivity index is 1.77. The van der Waals surface area contributed by atoms with Crippen molar-refractivity contribution in [3.8, 4) is 11.7 Å². The van der Waals surface area contributed by atoms with Crippen LogP contribution in [0.15, 0.2) is 66.0 Å². The van der Waals surface area contributed by atoms with Crippen LogP contribution < -0.4 is 9.04 Å². The molecule has 1 atom stereocenters. The second-order valence-corrected chi connectivity index (χ2v) is 13.5. The highest BCUT2D eigenvalue weighted by atomic mass is 35.5. The van der Waals surface area contributed by atoms with Crippen LogP contribution in [0.2, 0.25) is 10.0 Å². The number of anilines is 1. The molecular weight excluding hydrogens is 589 g/mol. The Kier molecular flexibility index (Phi) is 8.84. The van der Waals surface area contributed by atoms with Gasteiger partial charge in [0, 0.05) is 28.2 Å². The normalized spacial score (nSPS) is 13.0. The summed E-state index contributed by atoms with van der Waals surface area (Å²) in [6.07, 6.45) is 4.90. The second kappa shape index (κ2) is 11.8. The lowest BCUT2D eigenvalue weighted by Crippen LogP contribution is -2.52. The van der Waals surface area contributed by atoms with E-state index in [1.165, 1.54) is 24.4 Å². The number of hydrogen-bond donors (Lipinski definition) is 1. The zero-order valence-corrected chi connectivity index (χ0v) is 25.6. The van der Waals surface area contributed by atoms with Gasteiger partial charge in [-0.25, -0.2) is 23.2 Å². The molecule has 4 rings (SSSR count). The smallest absolute Gasteiger partial charge is 0.328 e. The van der Waals surface area contributed by atoms with Crippen LogP contribution in [0.1, 0.15) is 20.8 Å². The third-order valence-corrected chi connectivity index (χ3v) is 8.47. The Labute approximate surface area is 249 Å². The zero-order valence-electron chi connectivity index (χ0n) is 23.2. The summed E-state index contributed by atoms with van der Waals surface area (Å²) in [4.78, 5) is 23.1. The molecule has 0 amide bonds. The minimum Gasteiger partial charge on any atom is -0.480 e. The number of nitrogens with zero attached hydrogens (tertiary/aromatic N) is 5. The van der Waals surface area contributed by atoms with E-state index in [9.17, 15) is 18.3 Å². The first kappa shape index (κ1) is 30.6. The number of carbonyl (C=O) groups is 1. The highest BCUT2D eigenvalue weighted by Crippen LogP contribution is 2.37. The summed E-state index contributed by atoms with van der Waals surface area (Å²) in [6, 6.07) is 9.15. The Morgan fingerprint density at radius 3 is 2.29 bits per heavy atom. The SMILES string of the molecule is CN(C)CCOc1cnc(-n2ccc3cc(N(C(C(=O)O)C(C)(C)C)S(=O)(=O)c4cc(Cl)cc(Cl)c4)ccc32)cn1. The predicted octanol–water partition coefficient (Wildman–Crippen LogP) is 5.36. The minimum atomic E-state index is -4.42. The standard InChI is InChI=1S/C28H31Cl2N5O5S/c1-28(2,3)26(27(36)37)35(41(38,39)22-14-19(29)13-20(30)15-22)21-6-7-23-18(12-21)8-9-34(23)24-16-32-25(17-31-24)40-11-10-33(4)5/h6-9,12-17,26H,10-11H2,1-5H3,(H,36,37). The van der Waals surface area contributed by atoms with Crippen LogP contribution in [0.25, 0.3) is 16.7 Å². The van der Waals surface area contributed by atoms with Crippen molar-refractivity contribution in [3.63, 3.8) is 0 Å². The van der Waals surface area contributed by atoms with Crippen molar-refractivity contribution in [2.45, 2.75) is 31.7 Å². The molecule has 0 aliphatic heterocycles. The van der Waals surface area contributed by atoms with Crippen molar-refractivity contribution in [2.24, 2.45) is 5.41 Å². The Hall–Kier alpha value is -3.38. The van der Waals surface area contributed by atoms with Crippen molar-refractivity contribution in [1.29, 1.82) is 0 Å². The molecule has 0 bridgehead atoms. The van der Waals surface area contributed by atoms with Gasteiger partial charge in [0.2, 0.25) is 5.88 Å². The summed E-state index contributed by atoms with van der Waals surface area (Å²) >= 11 is 12.2. The highest BCUT2D eigenvalue weighted by Gasteiger charge is 2.43. The van der Waals surface area contributed by atoms with Gasteiger partial charge < -0.3 is 14.7 Å². The van der Waals surface area contributed by atoms with Crippen molar-refractivity contribution in [1.82, 2.24) is 19.4 Å². The Morgan fingerprint density at radius 1 is 1.05 bits per heavy atom. The molecule has 2 aromatic carbocycles. The topological polar surface area (TPSA) is 118 Å². The third kappa shape index (κ3) is 6.75. The molecule has 0 aliphatic carbocycles. The number of halogens is 2. The first-order valence-corrected chi connectivity index (χ1v) is 14.8. The monoisotopic (exact) mass is 619 g/mol. The van der Waals surface area contributed by atoms with Crippen LogP contribution in [0.4, 0.5) is 5.69 Å². The number of benzene rings is 2. The molecule has 10 nitrogen and oxygen atoms in total. The number of sulfonamides is 1. The highest BCUT2D eigenvalue weighted by molar-refractivity contribution is 7.93. The van der Waals surface area contributed by atoms with Gasteiger partial charge in [0.25, 0.3) is 10.0 Å². The predicted molar refractivity (Wildman–Crippen MR) is 160 cm³/mol. The van der Waals surface area contributed by atoms with Crippen LogP contribution in [0.3, 0.4) is 0 Å². The first-order valence-electron chi connectivity index (χ1n) is 12.6. The summed E-state index contributed by atoms with van der Waals surface area (Å²) in [5.41, 5.74) is -0.0896. The van der Waals surface area contributed by atoms with E-state index in [0.717, 1.165) is 16.4 Å². The number of aromatic nitrogens is 3. The van der Waals surface area contributed by atoms with E-state index in [-0.39, 0.29) is 20.6 Å². The van der Waals surface area contributed by atoms with E-state index < -0.39 is 27.4 Å². The van der Waals surface area contributed by atoms with E-state index >= 15 is 0 Å². The number of likely N-dealkylation sites (N-methyl/N-ethyl adjacent to an activating group) is 1. The minimum absolute atomic E-state index is 0.112. The number of hydrogen-bond acceptors (Lipinski definition) is 7. The molecule has 0 aliphatic rings. The van der Waals surface area contributed by atoms with Gasteiger partial charge in [0.1, 0.15) is 12.6 Å². The largest absolute Gasteiger partial charge is 0.480 e. The van der Waals surface area contributed by atoms with Crippen LogP contribution in [-0.4, -0.2) is 72.2 Å². The molecule has 1 unspecified atom stereocenters. The van der Waals surface area contributed by atoms with Gasteiger partial charge in [-0.2, -0.15) is 0 Å². The molecule has 41 heavy (non-hydrogen) atoms. The molecular formula is C28H31Cl2N5O5S. The van der Waals surface area contributed by atoms with Crippen LogP contribution in [0, 0.1) is 5.41 Å². The maximum absolute atomic E-state index is 14.0. The lowest BCUT2D eigenvalue weighted by Gasteiger charge is -2.37. The average Bonchev–Trinajstić information content (AvgIpc) is 3.29. The van der Waals surface area contributed by atoms with Crippen LogP contribution in [-0.2, 0) is 14.8 Å². The van der Waals surface area contributed by atoms with Crippen molar-refractivity contribution in [3.05, 3.63) is 71.1 Å². The van der Waals surface area contributed by atoms with Crippen molar-refractivity contribution < 1.29 is 23.1 Å². The molecule has 0 saturated heterocycles. The number of aliphatic carboxylic acids is 1. The summed E-state index contributed by atoms with van der Waals surface area (Å²) in [5, 5.41) is 11.1. The van der Waals surface area contributed by atoms with E-state index in [4.69, 9.17) is 27.9 Å². The van der Waals surface area contributed by atoms with Gasteiger partial charge in [-0.05, 0) is 62.0 Å². The van der Waals surface area contributed by atoms with E-state index in [2.05, 4.69) is 9.97 Å². The van der Waals surface area contributed by atoms with E-state index in [1.54, 1.807) is 62.0 Å². The lowest BCUT2D eigenvalue weighted by molar-refractivity contribution is -0.140. The van der Waals surface area contributed by atoms with Gasteiger partial charge >= 0.3 is 5.97 Å². The van der Waals surface area contributed by atoms with Gasteiger partial charge in [0.05, 0.1) is 28.5 Å². The second-order valence-electron chi connectivity index (χ2n) is 10.8. The average molecular weight is 621 g/mol. The van der Waals surface area contributed by atoms with Crippen LogP contribution in [0.5, 0.6) is 5.88 Å². The maximum Gasteiger partial charge on any atom is 0.328 e. The van der Waals surface area contributed by atoms with Gasteiger partial charge in [-0.3, -0.25) is 8.87 Å². The number of carboxylic acid groups (broad SMARTS) is 1. The number of rotatable bonds is 10. The Bertz CT molecular complexity index is 1650. The fourth-order valence-electron chi connectivity index (χ4n) is 4.35. The fraction of sp³-hybridized carbons (Fsp3) is 0.321. The number of ether oxygens (including phenoxy) is 1. The van der Waals surface area contributed by atoms with Crippen molar-refractivity contribution >= 4 is 55.8 Å². The lowest BCUT2D eigenvalue weighted by atomic mass is 9.86. The molecule has 2 aromatic heterocycles. The molecule has 2 heterocycles. The molecule has 0 saturated carbocycles. The molecule has 218 valence electrons. The molecule has 0 fully saturated rings. The van der Waals surface area contributed by atoms with Crippen LogP contribution >= 0.6 is 23.2 Å². The fourth-order valence-corrected chi connectivity index (χ4v) is 6.86.